The van der Waals surface area contributed by atoms with E-state index in [0.29, 0.717) is 0 Å². The van der Waals surface area contributed by atoms with Gasteiger partial charge in [-0.1, -0.05) is 6.07 Å². The number of nitrogens with one attached hydrogen (secondary N) is 2. The smallest absolute Gasteiger partial charge is 0.319 e. The molecule has 3 N–H and O–H groups in total. The summed E-state index contributed by atoms with van der Waals surface area (Å²) in [5.74, 6) is -2.50. The van der Waals surface area contributed by atoms with Gasteiger partial charge in [-0.3, -0.25) is 0 Å². The third-order valence-corrected chi connectivity index (χ3v) is 2.91. The molecular formula is C16H15F3N2O3. The van der Waals surface area contributed by atoms with Crippen molar-refractivity contribution in [1.29, 1.82) is 0 Å². The number of carbonyl (C=O) groups excluding carboxylic acids is 1. The van der Waals surface area contributed by atoms with E-state index in [4.69, 9.17) is 4.74 Å². The number of anilines is 1. The standard InChI is InChI=1S/C16H15F3N2O3/c17-10-2-1-3-11(6-10)21-16(23)20-8-12(22)9-24-13-4-5-14(18)15(19)7-13/h1-7,12,22H,8-9H2,(H2,20,21,23). The second-order valence-electron chi connectivity index (χ2n) is 4.89. The lowest BCUT2D eigenvalue weighted by Gasteiger charge is -2.14. The molecule has 24 heavy (non-hydrogen) atoms. The van der Waals surface area contributed by atoms with E-state index in [-0.39, 0.29) is 24.6 Å². The number of rotatable bonds is 6. The van der Waals surface area contributed by atoms with Gasteiger partial charge in [-0.25, -0.2) is 18.0 Å². The predicted octanol–water partition coefficient (Wildman–Crippen LogP) is 2.67. The second kappa shape index (κ2) is 8.21. The number of hydrogen-bond acceptors (Lipinski definition) is 3. The highest BCUT2D eigenvalue weighted by atomic mass is 19.2. The minimum absolute atomic E-state index is 0.0529. The Balaban J connectivity index is 1.73. The van der Waals surface area contributed by atoms with Gasteiger partial charge in [-0.2, -0.15) is 0 Å². The summed E-state index contributed by atoms with van der Waals surface area (Å²) in [4.78, 5) is 11.6. The molecule has 0 spiro atoms. The van der Waals surface area contributed by atoms with Gasteiger partial charge >= 0.3 is 6.03 Å². The minimum Gasteiger partial charge on any atom is -0.491 e. The summed E-state index contributed by atoms with van der Waals surface area (Å²) in [6.07, 6.45) is -1.07. The molecule has 1 atom stereocenters. The highest BCUT2D eigenvalue weighted by Crippen LogP contribution is 2.15. The van der Waals surface area contributed by atoms with E-state index < -0.39 is 29.6 Å². The molecule has 0 heterocycles. The van der Waals surface area contributed by atoms with Crippen molar-refractivity contribution in [2.24, 2.45) is 0 Å². The van der Waals surface area contributed by atoms with Crippen LogP contribution in [0.4, 0.5) is 23.7 Å². The molecule has 0 radical (unpaired) electrons. The number of urea groups is 1. The van der Waals surface area contributed by atoms with Gasteiger partial charge in [0.2, 0.25) is 0 Å². The lowest BCUT2D eigenvalue weighted by atomic mass is 10.3. The van der Waals surface area contributed by atoms with E-state index in [2.05, 4.69) is 10.6 Å². The number of carbonyl (C=O) groups is 1. The maximum Gasteiger partial charge on any atom is 0.319 e. The van der Waals surface area contributed by atoms with Gasteiger partial charge in [0.25, 0.3) is 0 Å². The number of aliphatic hydroxyl groups excluding tert-OH is 1. The van der Waals surface area contributed by atoms with Crippen LogP contribution in [0.15, 0.2) is 42.5 Å². The van der Waals surface area contributed by atoms with Crippen LogP contribution < -0.4 is 15.4 Å². The largest absolute Gasteiger partial charge is 0.491 e. The molecule has 0 saturated heterocycles. The van der Waals surface area contributed by atoms with E-state index in [1.807, 2.05) is 0 Å². The summed E-state index contributed by atoms with van der Waals surface area (Å²) in [7, 11) is 0. The zero-order valence-electron chi connectivity index (χ0n) is 12.4. The zero-order valence-corrected chi connectivity index (χ0v) is 12.4. The van der Waals surface area contributed by atoms with E-state index in [1.54, 1.807) is 0 Å². The number of halogens is 3. The fraction of sp³-hybridized carbons (Fsp3) is 0.188. The van der Waals surface area contributed by atoms with Crippen LogP contribution in [0.25, 0.3) is 0 Å². The Labute approximate surface area is 136 Å². The van der Waals surface area contributed by atoms with Crippen LogP contribution in [0, 0.1) is 17.5 Å². The minimum atomic E-state index is -1.07. The van der Waals surface area contributed by atoms with E-state index in [1.165, 1.54) is 24.3 Å². The molecule has 128 valence electrons. The Hall–Kier alpha value is -2.74. The number of benzene rings is 2. The highest BCUT2D eigenvalue weighted by molar-refractivity contribution is 5.89. The quantitative estimate of drug-likeness (QED) is 0.757. The van der Waals surface area contributed by atoms with Crippen molar-refractivity contribution >= 4 is 11.7 Å². The fourth-order valence-electron chi connectivity index (χ4n) is 1.77. The molecule has 2 amide bonds. The molecule has 0 bridgehead atoms. The second-order valence-corrected chi connectivity index (χ2v) is 4.89. The Morgan fingerprint density at radius 2 is 1.92 bits per heavy atom. The summed E-state index contributed by atoms with van der Waals surface area (Å²) in [5.41, 5.74) is 0.264. The molecular weight excluding hydrogens is 325 g/mol. The summed E-state index contributed by atoms with van der Waals surface area (Å²) >= 11 is 0. The van der Waals surface area contributed by atoms with Gasteiger partial charge in [0.1, 0.15) is 24.3 Å². The molecule has 0 aliphatic rings. The van der Waals surface area contributed by atoms with Crippen molar-refractivity contribution < 1.29 is 27.8 Å². The van der Waals surface area contributed by atoms with Crippen molar-refractivity contribution in [2.75, 3.05) is 18.5 Å². The van der Waals surface area contributed by atoms with E-state index in [0.717, 1.165) is 18.2 Å². The van der Waals surface area contributed by atoms with Crippen LogP contribution in [0.2, 0.25) is 0 Å². The van der Waals surface area contributed by atoms with Crippen LogP contribution in [-0.2, 0) is 0 Å². The first-order valence-electron chi connectivity index (χ1n) is 7.00. The maximum absolute atomic E-state index is 13.0. The molecule has 5 nitrogen and oxygen atoms in total. The monoisotopic (exact) mass is 340 g/mol. The molecule has 2 rings (SSSR count). The van der Waals surface area contributed by atoms with Crippen molar-refractivity contribution in [3.8, 4) is 5.75 Å². The first kappa shape index (κ1) is 17.6. The first-order chi connectivity index (χ1) is 11.4. The molecule has 0 fully saturated rings. The van der Waals surface area contributed by atoms with Gasteiger partial charge in [0.05, 0.1) is 0 Å². The Morgan fingerprint density at radius 1 is 1.12 bits per heavy atom. The summed E-state index contributed by atoms with van der Waals surface area (Å²) in [5, 5.41) is 14.5. The van der Waals surface area contributed by atoms with Crippen LogP contribution in [0.5, 0.6) is 5.75 Å². The molecule has 1 unspecified atom stereocenters. The normalized spacial score (nSPS) is 11.7. The average Bonchev–Trinajstić information content (AvgIpc) is 2.54. The van der Waals surface area contributed by atoms with Gasteiger partial charge in [0, 0.05) is 18.3 Å². The van der Waals surface area contributed by atoms with Gasteiger partial charge < -0.3 is 20.5 Å². The number of hydrogen-bond donors (Lipinski definition) is 3. The topological polar surface area (TPSA) is 70.6 Å². The maximum atomic E-state index is 13.0. The van der Waals surface area contributed by atoms with Crippen LogP contribution in [0.1, 0.15) is 0 Å². The third kappa shape index (κ3) is 5.47. The Kier molecular flexibility index (Phi) is 6.02. The molecule has 0 saturated carbocycles. The zero-order chi connectivity index (χ0) is 17.5. The molecule has 0 aromatic heterocycles. The van der Waals surface area contributed by atoms with E-state index >= 15 is 0 Å². The highest BCUT2D eigenvalue weighted by Gasteiger charge is 2.10. The number of aliphatic hydroxyl groups is 1. The molecule has 0 aliphatic carbocycles. The van der Waals surface area contributed by atoms with Crippen molar-refractivity contribution in [3.05, 3.63) is 59.9 Å². The van der Waals surface area contributed by atoms with Gasteiger partial charge in [-0.05, 0) is 30.3 Å². The fourth-order valence-corrected chi connectivity index (χ4v) is 1.77. The lowest BCUT2D eigenvalue weighted by Crippen LogP contribution is -2.37. The van der Waals surface area contributed by atoms with Crippen LogP contribution >= 0.6 is 0 Å². The lowest BCUT2D eigenvalue weighted by molar-refractivity contribution is 0.108. The Bertz CT molecular complexity index is 713. The van der Waals surface area contributed by atoms with E-state index in [9.17, 15) is 23.1 Å². The summed E-state index contributed by atoms with van der Waals surface area (Å²) in [6, 6.07) is 7.67. The Morgan fingerprint density at radius 3 is 2.62 bits per heavy atom. The number of amides is 2. The predicted molar refractivity (Wildman–Crippen MR) is 81.3 cm³/mol. The van der Waals surface area contributed by atoms with Crippen molar-refractivity contribution in [1.82, 2.24) is 5.32 Å². The summed E-state index contributed by atoms with van der Waals surface area (Å²) in [6.45, 7) is -0.379. The molecule has 8 heteroatoms. The number of ether oxygens (including phenoxy) is 1. The third-order valence-electron chi connectivity index (χ3n) is 2.91. The molecule has 0 aliphatic heterocycles. The van der Waals surface area contributed by atoms with Crippen molar-refractivity contribution in [3.63, 3.8) is 0 Å². The van der Waals surface area contributed by atoms with Crippen LogP contribution in [-0.4, -0.2) is 30.4 Å². The van der Waals surface area contributed by atoms with Crippen molar-refractivity contribution in [2.45, 2.75) is 6.10 Å². The molecule has 2 aromatic carbocycles. The summed E-state index contributed by atoms with van der Waals surface area (Å²) < 4.78 is 43.8. The van der Waals surface area contributed by atoms with Gasteiger partial charge in [0.15, 0.2) is 11.6 Å². The van der Waals surface area contributed by atoms with Crippen LogP contribution in [0.3, 0.4) is 0 Å². The SMILES string of the molecule is O=C(NCC(O)COc1ccc(F)c(F)c1)Nc1cccc(F)c1. The van der Waals surface area contributed by atoms with Gasteiger partial charge in [-0.15, -0.1) is 0 Å². The molecule has 2 aromatic rings. The average molecular weight is 340 g/mol. The first-order valence-corrected chi connectivity index (χ1v) is 7.00.